The third-order valence-corrected chi connectivity index (χ3v) is 3.30. The molecule has 0 aromatic rings. The third kappa shape index (κ3) is 2.69. The summed E-state index contributed by atoms with van der Waals surface area (Å²) >= 11 is 0. The lowest BCUT2D eigenvalue weighted by Gasteiger charge is -2.31. The monoisotopic (exact) mass is 190 g/mol. The summed E-state index contributed by atoms with van der Waals surface area (Å²) < 4.78 is 5.52. The van der Waals surface area contributed by atoms with E-state index in [4.69, 9.17) is 4.52 Å². The molecule has 1 N–H and O–H groups in total. The average Bonchev–Trinajstić information content (AvgIpc) is 2.05. The highest BCUT2D eigenvalue weighted by Crippen LogP contribution is 2.30. The molecule has 4 atom stereocenters. The van der Waals surface area contributed by atoms with Gasteiger partial charge in [-0.3, -0.25) is 0 Å². The van der Waals surface area contributed by atoms with Gasteiger partial charge in [0.25, 0.3) is 0 Å². The molecule has 0 amide bonds. The maximum Gasteiger partial charge on any atom is 0.0638 e. The van der Waals surface area contributed by atoms with Crippen molar-refractivity contribution in [3.05, 3.63) is 0 Å². The van der Waals surface area contributed by atoms with Gasteiger partial charge in [0.15, 0.2) is 0 Å². The molecular formula is C9H19O2P. The molecule has 4 unspecified atom stereocenters. The van der Waals surface area contributed by atoms with Crippen molar-refractivity contribution in [1.29, 1.82) is 0 Å². The van der Waals surface area contributed by atoms with Crippen molar-refractivity contribution < 1.29 is 9.63 Å². The first-order valence-electron chi connectivity index (χ1n) is 4.76. The Balaban J connectivity index is 2.36. The van der Waals surface area contributed by atoms with Crippen LogP contribution in [0.25, 0.3) is 0 Å². The first kappa shape index (κ1) is 10.4. The number of aliphatic hydroxyl groups is 1. The minimum Gasteiger partial charge on any atom is -0.393 e. The van der Waals surface area contributed by atoms with Crippen LogP contribution in [-0.2, 0) is 4.52 Å². The molecule has 0 aliphatic heterocycles. The van der Waals surface area contributed by atoms with Gasteiger partial charge in [0.2, 0.25) is 0 Å². The zero-order valence-corrected chi connectivity index (χ0v) is 8.92. The van der Waals surface area contributed by atoms with Crippen LogP contribution in [0.15, 0.2) is 0 Å². The summed E-state index contributed by atoms with van der Waals surface area (Å²) in [6, 6.07) is 0. The highest BCUT2D eigenvalue weighted by Gasteiger charge is 2.28. The van der Waals surface area contributed by atoms with Gasteiger partial charge in [0, 0.05) is 14.7 Å². The van der Waals surface area contributed by atoms with Crippen molar-refractivity contribution in [1.82, 2.24) is 0 Å². The Morgan fingerprint density at radius 2 is 2.08 bits per heavy atom. The van der Waals surface area contributed by atoms with E-state index in [0.29, 0.717) is 14.7 Å². The van der Waals surface area contributed by atoms with E-state index in [9.17, 15) is 5.11 Å². The van der Waals surface area contributed by atoms with E-state index in [2.05, 4.69) is 6.92 Å². The van der Waals surface area contributed by atoms with Crippen molar-refractivity contribution in [2.45, 2.75) is 44.8 Å². The molecule has 1 fully saturated rings. The second-order valence-electron chi connectivity index (χ2n) is 3.54. The summed E-state index contributed by atoms with van der Waals surface area (Å²) in [5.41, 5.74) is 0. The maximum atomic E-state index is 9.69. The summed E-state index contributed by atoms with van der Waals surface area (Å²) in [7, 11) is 0.541. The molecule has 0 aromatic heterocycles. The van der Waals surface area contributed by atoms with E-state index >= 15 is 0 Å². The normalized spacial score (nSPS) is 34.2. The van der Waals surface area contributed by atoms with E-state index in [1.807, 2.05) is 6.66 Å². The number of hydrogen-bond acceptors (Lipinski definition) is 2. The Morgan fingerprint density at radius 1 is 1.42 bits per heavy atom. The Bertz CT molecular complexity index is 130. The van der Waals surface area contributed by atoms with Gasteiger partial charge in [-0.25, -0.2) is 0 Å². The molecule has 1 rings (SSSR count). The van der Waals surface area contributed by atoms with E-state index in [-0.39, 0.29) is 12.2 Å². The van der Waals surface area contributed by atoms with Crippen molar-refractivity contribution in [3.63, 3.8) is 0 Å². The summed E-state index contributed by atoms with van der Waals surface area (Å²) in [5, 5.41) is 9.69. The van der Waals surface area contributed by atoms with Crippen LogP contribution >= 0.6 is 8.81 Å². The Morgan fingerprint density at radius 3 is 2.67 bits per heavy atom. The van der Waals surface area contributed by atoms with Crippen LogP contribution in [-0.4, -0.2) is 24.0 Å². The first-order chi connectivity index (χ1) is 5.75. The molecule has 12 heavy (non-hydrogen) atoms. The van der Waals surface area contributed by atoms with Crippen LogP contribution in [0.4, 0.5) is 0 Å². The fraction of sp³-hybridized carbons (Fsp3) is 1.00. The number of aliphatic hydroxyl groups excluding tert-OH is 1. The lowest BCUT2D eigenvalue weighted by Crippen LogP contribution is -2.33. The lowest BCUT2D eigenvalue weighted by molar-refractivity contribution is 0.0122. The zero-order chi connectivity index (χ0) is 8.97. The van der Waals surface area contributed by atoms with E-state index in [1.165, 1.54) is 12.8 Å². The van der Waals surface area contributed by atoms with Crippen molar-refractivity contribution in [2.75, 3.05) is 6.66 Å². The van der Waals surface area contributed by atoms with Gasteiger partial charge in [0.05, 0.1) is 12.2 Å². The summed E-state index contributed by atoms with van der Waals surface area (Å²) in [5.74, 6) is 0.381. The minimum atomic E-state index is -0.120. The van der Waals surface area contributed by atoms with Crippen LogP contribution in [0, 0.1) is 5.92 Å². The third-order valence-electron chi connectivity index (χ3n) is 2.69. The van der Waals surface area contributed by atoms with Crippen molar-refractivity contribution in [2.24, 2.45) is 5.92 Å². The summed E-state index contributed by atoms with van der Waals surface area (Å²) in [6.45, 7) is 4.11. The van der Waals surface area contributed by atoms with Crippen LogP contribution in [0.3, 0.4) is 0 Å². The second kappa shape index (κ2) is 5.16. The molecular weight excluding hydrogens is 171 g/mol. The van der Waals surface area contributed by atoms with Crippen molar-refractivity contribution >= 4 is 8.81 Å². The van der Waals surface area contributed by atoms with Gasteiger partial charge in [-0.1, -0.05) is 12.8 Å². The molecule has 0 aromatic carbocycles. The fourth-order valence-electron chi connectivity index (χ4n) is 1.96. The molecule has 1 aliphatic rings. The highest BCUT2D eigenvalue weighted by molar-refractivity contribution is 7.31. The van der Waals surface area contributed by atoms with Gasteiger partial charge in [-0.05, 0) is 26.4 Å². The molecule has 72 valence electrons. The van der Waals surface area contributed by atoms with Gasteiger partial charge < -0.3 is 9.63 Å². The molecule has 0 spiro atoms. The smallest absolute Gasteiger partial charge is 0.0638 e. The Labute approximate surface area is 76.6 Å². The predicted octanol–water partition coefficient (Wildman–Crippen LogP) is 2.17. The lowest BCUT2D eigenvalue weighted by atomic mass is 9.83. The average molecular weight is 190 g/mol. The van der Waals surface area contributed by atoms with Crippen LogP contribution < -0.4 is 0 Å². The predicted molar refractivity (Wildman–Crippen MR) is 52.8 cm³/mol. The highest BCUT2D eigenvalue weighted by atomic mass is 31.1. The van der Waals surface area contributed by atoms with Crippen LogP contribution in [0.2, 0.25) is 0 Å². The van der Waals surface area contributed by atoms with E-state index < -0.39 is 0 Å². The summed E-state index contributed by atoms with van der Waals surface area (Å²) in [6.07, 6.45) is 4.65. The van der Waals surface area contributed by atoms with Gasteiger partial charge in [-0.15, -0.1) is 0 Å². The van der Waals surface area contributed by atoms with Crippen LogP contribution in [0.5, 0.6) is 0 Å². The summed E-state index contributed by atoms with van der Waals surface area (Å²) in [4.78, 5) is 0. The second-order valence-corrected chi connectivity index (χ2v) is 4.19. The van der Waals surface area contributed by atoms with Gasteiger partial charge >= 0.3 is 0 Å². The zero-order valence-electron chi connectivity index (χ0n) is 7.92. The van der Waals surface area contributed by atoms with E-state index in [1.54, 1.807) is 0 Å². The van der Waals surface area contributed by atoms with Crippen molar-refractivity contribution in [3.8, 4) is 0 Å². The standard InChI is InChI=1S/C9H19O2P/c1-7(11-12-2)8-5-3-4-6-9(8)10/h7-10,12H,3-6H2,1-2H3. The fourth-order valence-corrected chi connectivity index (χ4v) is 2.51. The topological polar surface area (TPSA) is 29.5 Å². The Kier molecular flexibility index (Phi) is 4.49. The van der Waals surface area contributed by atoms with E-state index in [0.717, 1.165) is 12.8 Å². The minimum absolute atomic E-state index is 0.120. The number of hydrogen-bond donors (Lipinski definition) is 1. The molecule has 3 heteroatoms. The molecule has 0 heterocycles. The SMILES string of the molecule is CPOC(C)C1CCCCC1O. The molecule has 2 nitrogen and oxygen atoms in total. The Hall–Kier alpha value is 0.350. The molecule has 1 saturated carbocycles. The largest absolute Gasteiger partial charge is 0.393 e. The van der Waals surface area contributed by atoms with Gasteiger partial charge in [-0.2, -0.15) is 0 Å². The maximum absolute atomic E-state index is 9.69. The molecule has 0 radical (unpaired) electrons. The first-order valence-corrected chi connectivity index (χ1v) is 6.17. The molecule has 0 saturated heterocycles. The molecule has 1 aliphatic carbocycles. The quantitative estimate of drug-likeness (QED) is 0.691. The van der Waals surface area contributed by atoms with Crippen LogP contribution in [0.1, 0.15) is 32.6 Å². The number of rotatable bonds is 3. The molecule has 0 bridgehead atoms. The van der Waals surface area contributed by atoms with Gasteiger partial charge in [0.1, 0.15) is 0 Å².